The van der Waals surface area contributed by atoms with Crippen LogP contribution in [0.3, 0.4) is 0 Å². The molecule has 1 aliphatic heterocycles. The van der Waals surface area contributed by atoms with Crippen molar-refractivity contribution >= 4 is 10.0 Å². The third-order valence-corrected chi connectivity index (χ3v) is 7.49. The van der Waals surface area contributed by atoms with Crippen molar-refractivity contribution in [2.75, 3.05) is 12.8 Å². The molecule has 4 saturated carbocycles. The van der Waals surface area contributed by atoms with Gasteiger partial charge in [-0.1, -0.05) is 0 Å². The lowest BCUT2D eigenvalue weighted by atomic mass is 9.80. The average Bonchev–Trinajstić information content (AvgIpc) is 2.72. The van der Waals surface area contributed by atoms with Gasteiger partial charge >= 0.3 is 0 Å². The molecule has 0 aromatic rings. The first-order valence-electron chi connectivity index (χ1n) is 5.50. The quantitative estimate of drug-likeness (QED) is 0.593. The first kappa shape index (κ1) is 8.11. The van der Waals surface area contributed by atoms with Gasteiger partial charge in [0.1, 0.15) is 0 Å². The minimum Gasteiger partial charge on any atom is -0.212 e. The van der Waals surface area contributed by atoms with Gasteiger partial charge in [-0.15, -0.1) is 0 Å². The van der Waals surface area contributed by atoms with E-state index in [1.54, 1.807) is 11.4 Å². The summed E-state index contributed by atoms with van der Waals surface area (Å²) in [7, 11) is -1.10. The van der Waals surface area contributed by atoms with Gasteiger partial charge < -0.3 is 0 Å². The minimum absolute atomic E-state index is 0.197. The second kappa shape index (κ2) is 1.92. The lowest BCUT2D eigenvalue weighted by Crippen LogP contribution is -2.37. The molecular formula is C10H15NO2S. The lowest BCUT2D eigenvalue weighted by Gasteiger charge is -2.28. The Balaban J connectivity index is 1.93. The Morgan fingerprint density at radius 3 is 2.71 bits per heavy atom. The van der Waals surface area contributed by atoms with Gasteiger partial charge in [0, 0.05) is 18.5 Å². The van der Waals surface area contributed by atoms with Gasteiger partial charge in [0.2, 0.25) is 10.0 Å². The maximum absolute atomic E-state index is 11.8. The van der Waals surface area contributed by atoms with E-state index in [-0.39, 0.29) is 5.41 Å². The molecule has 4 heteroatoms. The lowest BCUT2D eigenvalue weighted by molar-refractivity contribution is 0.201. The smallest absolute Gasteiger partial charge is 0.212 e. The van der Waals surface area contributed by atoms with Gasteiger partial charge in [0.15, 0.2) is 0 Å². The molecule has 5 fully saturated rings. The summed E-state index contributed by atoms with van der Waals surface area (Å²) in [6.07, 6.45) is 3.84. The fraction of sp³-hybridized carbons (Fsp3) is 1.00. The predicted octanol–water partition coefficient (Wildman–Crippen LogP) is 0.676. The molecule has 0 aromatic carbocycles. The van der Waals surface area contributed by atoms with E-state index in [0.717, 1.165) is 11.8 Å². The van der Waals surface area contributed by atoms with Crippen LogP contribution >= 0.6 is 0 Å². The first-order valence-corrected chi connectivity index (χ1v) is 7.11. The third kappa shape index (κ3) is 0.593. The number of nitrogens with zero attached hydrogens (tertiary/aromatic N) is 1. The van der Waals surface area contributed by atoms with Crippen LogP contribution in [0.5, 0.6) is 0 Å². The fourth-order valence-electron chi connectivity index (χ4n) is 5.20. The standard InChI is InChI=1S/C10H15NO2S/c1-11-9-8-3-7-2-6(8)4-10(7,9)5-14(11,12)13/h6-9H,2-5H2,1H3/t6?,7-,8?,9-,10?/m0/s1. The van der Waals surface area contributed by atoms with Crippen molar-refractivity contribution < 1.29 is 8.42 Å². The van der Waals surface area contributed by atoms with E-state index in [1.807, 2.05) is 0 Å². The van der Waals surface area contributed by atoms with Crippen LogP contribution in [0.25, 0.3) is 0 Å². The molecule has 3 nitrogen and oxygen atoms in total. The van der Waals surface area contributed by atoms with E-state index < -0.39 is 10.0 Å². The molecule has 0 radical (unpaired) electrons. The van der Waals surface area contributed by atoms with Crippen molar-refractivity contribution in [1.82, 2.24) is 4.31 Å². The van der Waals surface area contributed by atoms with E-state index in [1.165, 1.54) is 19.3 Å². The van der Waals surface area contributed by atoms with E-state index in [2.05, 4.69) is 0 Å². The van der Waals surface area contributed by atoms with Crippen LogP contribution in [-0.2, 0) is 10.0 Å². The molecular weight excluding hydrogens is 198 g/mol. The van der Waals surface area contributed by atoms with E-state index >= 15 is 0 Å². The molecule has 0 aromatic heterocycles. The fourth-order valence-corrected chi connectivity index (χ4v) is 7.32. The summed E-state index contributed by atoms with van der Waals surface area (Å²) in [4.78, 5) is 0. The number of hydrogen-bond donors (Lipinski definition) is 0. The largest absolute Gasteiger partial charge is 0.214 e. The zero-order chi connectivity index (χ0) is 9.72. The highest BCUT2D eigenvalue weighted by Crippen LogP contribution is 2.73. The summed E-state index contributed by atoms with van der Waals surface area (Å²) < 4.78 is 25.4. The molecule has 14 heavy (non-hydrogen) atoms. The van der Waals surface area contributed by atoms with Gasteiger partial charge in [-0.2, -0.15) is 0 Å². The van der Waals surface area contributed by atoms with Gasteiger partial charge in [0.05, 0.1) is 5.75 Å². The Morgan fingerprint density at radius 1 is 1.36 bits per heavy atom. The zero-order valence-electron chi connectivity index (χ0n) is 8.31. The Hall–Kier alpha value is -0.0900. The number of rotatable bonds is 0. The van der Waals surface area contributed by atoms with Gasteiger partial charge in [-0.05, 0) is 37.0 Å². The van der Waals surface area contributed by atoms with Crippen LogP contribution in [0.2, 0.25) is 0 Å². The second-order valence-corrected chi connectivity index (χ2v) is 7.78. The minimum atomic E-state index is -2.90. The Morgan fingerprint density at radius 2 is 2.14 bits per heavy atom. The zero-order valence-corrected chi connectivity index (χ0v) is 9.13. The summed E-state index contributed by atoms with van der Waals surface area (Å²) in [5, 5.41) is 0. The normalized spacial score (nSPS) is 62.6. The van der Waals surface area contributed by atoms with E-state index in [9.17, 15) is 8.42 Å². The summed E-state index contributed by atoms with van der Waals surface area (Å²) in [6, 6.07) is 0.385. The monoisotopic (exact) mass is 213 g/mol. The van der Waals surface area contributed by atoms with Gasteiger partial charge in [-0.3, -0.25) is 0 Å². The maximum Gasteiger partial charge on any atom is 0.214 e. The van der Waals surface area contributed by atoms with Crippen LogP contribution in [0.4, 0.5) is 0 Å². The molecule has 5 aliphatic rings. The Bertz CT molecular complexity index is 418. The Kier molecular flexibility index (Phi) is 1.11. The Labute approximate surface area is 84.5 Å². The summed E-state index contributed by atoms with van der Waals surface area (Å²) in [5.74, 6) is 2.77. The molecule has 0 N–H and O–H groups in total. The topological polar surface area (TPSA) is 37.4 Å². The van der Waals surface area contributed by atoms with Crippen molar-refractivity contribution in [2.45, 2.75) is 25.3 Å². The molecule has 5 atom stereocenters. The van der Waals surface area contributed by atoms with Crippen LogP contribution in [0.1, 0.15) is 19.3 Å². The molecule has 78 valence electrons. The summed E-state index contributed by atoms with van der Waals surface area (Å²) in [6.45, 7) is 0. The van der Waals surface area contributed by atoms with Crippen molar-refractivity contribution in [3.05, 3.63) is 0 Å². The maximum atomic E-state index is 11.8. The third-order valence-electron chi connectivity index (χ3n) is 5.48. The van der Waals surface area contributed by atoms with Crippen molar-refractivity contribution in [1.29, 1.82) is 0 Å². The van der Waals surface area contributed by atoms with Crippen LogP contribution in [-0.4, -0.2) is 31.6 Å². The van der Waals surface area contributed by atoms with Crippen LogP contribution in [0, 0.1) is 23.2 Å². The van der Waals surface area contributed by atoms with E-state index in [0.29, 0.717) is 17.7 Å². The van der Waals surface area contributed by atoms with Gasteiger partial charge in [0.25, 0.3) is 0 Å². The summed E-state index contributed by atoms with van der Waals surface area (Å²) in [5.41, 5.74) is 0.197. The molecule has 4 bridgehead atoms. The van der Waals surface area contributed by atoms with Crippen LogP contribution < -0.4 is 0 Å². The highest BCUT2D eigenvalue weighted by Gasteiger charge is 2.74. The molecule has 4 aliphatic carbocycles. The van der Waals surface area contributed by atoms with Crippen LogP contribution in [0.15, 0.2) is 0 Å². The van der Waals surface area contributed by atoms with Crippen molar-refractivity contribution in [2.24, 2.45) is 23.2 Å². The summed E-state index contributed by atoms with van der Waals surface area (Å²) >= 11 is 0. The molecule has 1 spiro atoms. The number of sulfonamides is 1. The molecule has 5 rings (SSSR count). The predicted molar refractivity (Wildman–Crippen MR) is 52.1 cm³/mol. The molecule has 1 heterocycles. The van der Waals surface area contributed by atoms with E-state index in [4.69, 9.17) is 0 Å². The van der Waals surface area contributed by atoms with Crippen molar-refractivity contribution in [3.8, 4) is 0 Å². The highest BCUT2D eigenvalue weighted by atomic mass is 32.2. The van der Waals surface area contributed by atoms with Gasteiger partial charge in [-0.25, -0.2) is 12.7 Å². The second-order valence-electron chi connectivity index (χ2n) is 5.75. The molecule has 1 saturated heterocycles. The number of hydrogen-bond acceptors (Lipinski definition) is 2. The van der Waals surface area contributed by atoms with Crippen molar-refractivity contribution in [3.63, 3.8) is 0 Å². The molecule has 3 unspecified atom stereocenters. The SMILES string of the molecule is CN1[C@H]2C3C[C@@H]4CC3CC42CS1(=O)=O. The highest BCUT2D eigenvalue weighted by molar-refractivity contribution is 7.89. The molecule has 0 amide bonds. The first-order chi connectivity index (χ1) is 6.55. The average molecular weight is 213 g/mol.